The van der Waals surface area contributed by atoms with Crippen LogP contribution in [0.15, 0.2) is 30.3 Å². The molecule has 17 heavy (non-hydrogen) atoms. The maximum absolute atomic E-state index is 2.39. The first-order valence-corrected chi connectivity index (χ1v) is 6.72. The lowest BCUT2D eigenvalue weighted by Crippen LogP contribution is -2.01. The number of benzene rings is 2. The van der Waals surface area contributed by atoms with Gasteiger partial charge < -0.3 is 0 Å². The van der Waals surface area contributed by atoms with Crippen LogP contribution < -0.4 is 0 Å². The molecule has 0 saturated carbocycles. The molecule has 0 N–H and O–H groups in total. The predicted octanol–water partition coefficient (Wildman–Crippen LogP) is 5.09. The molecule has 0 aliphatic carbocycles. The van der Waals surface area contributed by atoms with Crippen molar-refractivity contribution in [2.45, 2.75) is 46.5 Å². The predicted molar refractivity (Wildman–Crippen MR) is 76.8 cm³/mol. The average molecular weight is 226 g/mol. The molecule has 2 aromatic rings. The van der Waals surface area contributed by atoms with E-state index in [9.17, 15) is 0 Å². The second kappa shape index (κ2) is 4.91. The van der Waals surface area contributed by atoms with Gasteiger partial charge in [-0.2, -0.15) is 0 Å². The highest BCUT2D eigenvalue weighted by molar-refractivity contribution is 5.88. The SMILES string of the molecule is CCc1c(C(C)C)cc2ccccc2c1CC. The Labute approximate surface area is 105 Å². The van der Waals surface area contributed by atoms with E-state index < -0.39 is 0 Å². The van der Waals surface area contributed by atoms with Crippen molar-refractivity contribution in [1.29, 1.82) is 0 Å². The first-order chi connectivity index (χ1) is 8.19. The Morgan fingerprint density at radius 3 is 2.18 bits per heavy atom. The molecule has 0 aliphatic rings. The van der Waals surface area contributed by atoms with E-state index in [4.69, 9.17) is 0 Å². The summed E-state index contributed by atoms with van der Waals surface area (Å²) in [6, 6.07) is 11.2. The third-order valence-corrected chi connectivity index (χ3v) is 3.64. The van der Waals surface area contributed by atoms with Crippen molar-refractivity contribution in [2.75, 3.05) is 0 Å². The summed E-state index contributed by atoms with van der Waals surface area (Å²) < 4.78 is 0. The summed E-state index contributed by atoms with van der Waals surface area (Å²) in [4.78, 5) is 0. The van der Waals surface area contributed by atoms with Crippen LogP contribution in [-0.2, 0) is 12.8 Å². The molecule has 0 nitrogen and oxygen atoms in total. The van der Waals surface area contributed by atoms with Crippen LogP contribution in [-0.4, -0.2) is 0 Å². The molecule has 0 aliphatic heterocycles. The van der Waals surface area contributed by atoms with Gasteiger partial charge in [0.15, 0.2) is 0 Å². The van der Waals surface area contributed by atoms with E-state index in [-0.39, 0.29) is 0 Å². The minimum atomic E-state index is 0.611. The minimum absolute atomic E-state index is 0.611. The van der Waals surface area contributed by atoms with Crippen molar-refractivity contribution < 1.29 is 0 Å². The molecule has 0 bridgehead atoms. The zero-order chi connectivity index (χ0) is 12.4. The number of hydrogen-bond acceptors (Lipinski definition) is 0. The van der Waals surface area contributed by atoms with Crippen LogP contribution in [0.2, 0.25) is 0 Å². The van der Waals surface area contributed by atoms with Gasteiger partial charge in [0.25, 0.3) is 0 Å². The highest BCUT2D eigenvalue weighted by Crippen LogP contribution is 2.31. The maximum Gasteiger partial charge on any atom is -0.0149 e. The van der Waals surface area contributed by atoms with Crippen LogP contribution in [0.25, 0.3) is 10.8 Å². The monoisotopic (exact) mass is 226 g/mol. The molecule has 0 heteroatoms. The Morgan fingerprint density at radius 1 is 0.941 bits per heavy atom. The van der Waals surface area contributed by atoms with E-state index in [0.717, 1.165) is 12.8 Å². The maximum atomic E-state index is 2.39. The van der Waals surface area contributed by atoms with E-state index in [0.29, 0.717) is 5.92 Å². The topological polar surface area (TPSA) is 0 Å². The normalized spacial score (nSPS) is 11.4. The largest absolute Gasteiger partial charge is 0.0616 e. The van der Waals surface area contributed by atoms with E-state index in [1.165, 1.54) is 16.3 Å². The summed E-state index contributed by atoms with van der Waals surface area (Å²) >= 11 is 0. The van der Waals surface area contributed by atoms with Gasteiger partial charge in [-0.25, -0.2) is 0 Å². The lowest BCUT2D eigenvalue weighted by atomic mass is 9.87. The number of aryl methyl sites for hydroxylation is 1. The Balaban J connectivity index is 2.83. The minimum Gasteiger partial charge on any atom is -0.0616 e. The van der Waals surface area contributed by atoms with E-state index >= 15 is 0 Å². The molecule has 0 radical (unpaired) electrons. The third-order valence-electron chi connectivity index (χ3n) is 3.64. The van der Waals surface area contributed by atoms with E-state index in [2.05, 4.69) is 58.0 Å². The Bertz CT molecular complexity index is 521. The van der Waals surface area contributed by atoms with Gasteiger partial charge in [-0.15, -0.1) is 0 Å². The van der Waals surface area contributed by atoms with Crippen LogP contribution in [0.1, 0.15) is 50.3 Å². The van der Waals surface area contributed by atoms with E-state index in [1.54, 1.807) is 11.1 Å². The van der Waals surface area contributed by atoms with Gasteiger partial charge in [-0.05, 0) is 46.2 Å². The molecular formula is C17H22. The van der Waals surface area contributed by atoms with Crippen LogP contribution >= 0.6 is 0 Å². The van der Waals surface area contributed by atoms with Crippen LogP contribution in [0.5, 0.6) is 0 Å². The number of hydrogen-bond donors (Lipinski definition) is 0. The summed E-state index contributed by atoms with van der Waals surface area (Å²) in [5.41, 5.74) is 4.65. The van der Waals surface area contributed by atoms with Crippen LogP contribution in [0.4, 0.5) is 0 Å². The van der Waals surface area contributed by atoms with Gasteiger partial charge in [-0.1, -0.05) is 58.0 Å². The second-order valence-electron chi connectivity index (χ2n) is 5.01. The fraction of sp³-hybridized carbons (Fsp3) is 0.412. The molecule has 2 aromatic carbocycles. The molecule has 0 atom stereocenters. The molecule has 0 spiro atoms. The molecule has 0 fully saturated rings. The van der Waals surface area contributed by atoms with Crippen molar-refractivity contribution in [1.82, 2.24) is 0 Å². The third kappa shape index (κ3) is 2.09. The van der Waals surface area contributed by atoms with Gasteiger partial charge in [0, 0.05) is 0 Å². The molecule has 0 unspecified atom stereocenters. The Kier molecular flexibility index (Phi) is 3.51. The lowest BCUT2D eigenvalue weighted by molar-refractivity contribution is 0.839. The molecular weight excluding hydrogens is 204 g/mol. The summed E-state index contributed by atoms with van der Waals surface area (Å²) in [5.74, 6) is 0.611. The summed E-state index contributed by atoms with van der Waals surface area (Å²) in [6.07, 6.45) is 2.27. The second-order valence-corrected chi connectivity index (χ2v) is 5.01. The number of rotatable bonds is 3. The van der Waals surface area contributed by atoms with Crippen molar-refractivity contribution >= 4 is 10.8 Å². The van der Waals surface area contributed by atoms with Crippen molar-refractivity contribution in [3.8, 4) is 0 Å². The highest BCUT2D eigenvalue weighted by Gasteiger charge is 2.12. The average Bonchev–Trinajstić information content (AvgIpc) is 2.36. The molecule has 0 aromatic heterocycles. The summed E-state index contributed by atoms with van der Waals surface area (Å²) in [6.45, 7) is 9.13. The standard InChI is InChI=1S/C17H22/c1-5-14-15(6-2)17(12(3)4)11-13-9-7-8-10-16(13)14/h7-12H,5-6H2,1-4H3. The smallest absolute Gasteiger partial charge is 0.0149 e. The van der Waals surface area contributed by atoms with E-state index in [1.807, 2.05) is 0 Å². The summed E-state index contributed by atoms with van der Waals surface area (Å²) in [7, 11) is 0. The first kappa shape index (κ1) is 12.2. The fourth-order valence-corrected chi connectivity index (χ4v) is 2.83. The molecule has 0 heterocycles. The Hall–Kier alpha value is -1.30. The zero-order valence-electron chi connectivity index (χ0n) is 11.4. The zero-order valence-corrected chi connectivity index (χ0v) is 11.4. The molecule has 0 amide bonds. The van der Waals surface area contributed by atoms with Crippen molar-refractivity contribution in [3.63, 3.8) is 0 Å². The van der Waals surface area contributed by atoms with Crippen LogP contribution in [0, 0.1) is 0 Å². The number of fused-ring (bicyclic) bond motifs is 1. The van der Waals surface area contributed by atoms with Gasteiger partial charge >= 0.3 is 0 Å². The van der Waals surface area contributed by atoms with Gasteiger partial charge in [-0.3, -0.25) is 0 Å². The van der Waals surface area contributed by atoms with Gasteiger partial charge in [0.2, 0.25) is 0 Å². The highest BCUT2D eigenvalue weighted by atomic mass is 14.2. The molecule has 90 valence electrons. The Morgan fingerprint density at radius 2 is 1.59 bits per heavy atom. The van der Waals surface area contributed by atoms with Crippen molar-refractivity contribution in [2.24, 2.45) is 0 Å². The van der Waals surface area contributed by atoms with Gasteiger partial charge in [0.1, 0.15) is 0 Å². The molecule has 0 saturated heterocycles. The lowest BCUT2D eigenvalue weighted by Gasteiger charge is -2.18. The molecule has 2 rings (SSSR count). The fourth-order valence-electron chi connectivity index (χ4n) is 2.83. The quantitative estimate of drug-likeness (QED) is 0.684. The first-order valence-electron chi connectivity index (χ1n) is 6.72. The summed E-state index contributed by atoms with van der Waals surface area (Å²) in [5, 5.41) is 2.83. The van der Waals surface area contributed by atoms with Gasteiger partial charge in [0.05, 0.1) is 0 Å². The van der Waals surface area contributed by atoms with Crippen LogP contribution in [0.3, 0.4) is 0 Å². The van der Waals surface area contributed by atoms with Crippen molar-refractivity contribution in [3.05, 3.63) is 47.0 Å².